The summed E-state index contributed by atoms with van der Waals surface area (Å²) in [6, 6.07) is 18.1. The molecule has 0 saturated heterocycles. The van der Waals surface area contributed by atoms with Gasteiger partial charge < -0.3 is 5.32 Å². The Bertz CT molecular complexity index is 844. The highest BCUT2D eigenvalue weighted by Gasteiger charge is 2.09. The van der Waals surface area contributed by atoms with Crippen molar-refractivity contribution < 1.29 is 4.79 Å². The van der Waals surface area contributed by atoms with Crippen molar-refractivity contribution in [3.8, 4) is 0 Å². The summed E-state index contributed by atoms with van der Waals surface area (Å²) in [6.45, 7) is 4.76. The molecule has 0 spiro atoms. The average molecular weight is 383 g/mol. The Morgan fingerprint density at radius 2 is 1.88 bits per heavy atom. The van der Waals surface area contributed by atoms with Crippen LogP contribution in [0.15, 0.2) is 64.3 Å². The monoisotopic (exact) mass is 382 g/mol. The number of carbonyl (C=O) groups is 1. The second-order valence-corrected chi connectivity index (χ2v) is 8.34. The van der Waals surface area contributed by atoms with Crippen molar-refractivity contribution >= 4 is 29.0 Å². The molecule has 0 aliphatic heterocycles. The fourth-order valence-electron chi connectivity index (χ4n) is 2.54. The van der Waals surface area contributed by atoms with Gasteiger partial charge in [0.25, 0.3) is 5.91 Å². The van der Waals surface area contributed by atoms with E-state index in [0.717, 1.165) is 15.8 Å². The molecule has 5 heteroatoms. The molecule has 1 unspecified atom stereocenters. The van der Waals surface area contributed by atoms with E-state index in [9.17, 15) is 4.79 Å². The lowest BCUT2D eigenvalue weighted by Gasteiger charge is -2.13. The summed E-state index contributed by atoms with van der Waals surface area (Å²) in [6.07, 6.45) is 0. The molecule has 0 fully saturated rings. The van der Waals surface area contributed by atoms with Crippen LogP contribution >= 0.6 is 23.1 Å². The van der Waals surface area contributed by atoms with Crippen molar-refractivity contribution in [2.75, 3.05) is 6.54 Å². The molecule has 3 rings (SSSR count). The van der Waals surface area contributed by atoms with Gasteiger partial charge in [0.1, 0.15) is 4.34 Å². The summed E-state index contributed by atoms with van der Waals surface area (Å²) < 4.78 is 1.08. The van der Waals surface area contributed by atoms with E-state index in [1.165, 1.54) is 11.1 Å². The van der Waals surface area contributed by atoms with Crippen LogP contribution in [0.3, 0.4) is 0 Å². The van der Waals surface area contributed by atoms with Crippen molar-refractivity contribution in [3.63, 3.8) is 0 Å². The Morgan fingerprint density at radius 1 is 1.15 bits per heavy atom. The summed E-state index contributed by atoms with van der Waals surface area (Å²) in [4.78, 5) is 16.8. The van der Waals surface area contributed by atoms with Crippen molar-refractivity contribution in [2.24, 2.45) is 0 Å². The van der Waals surface area contributed by atoms with Crippen molar-refractivity contribution in [1.82, 2.24) is 10.3 Å². The molecular weight excluding hydrogens is 360 g/mol. The number of hydrogen-bond acceptors (Lipinski definition) is 4. The number of benzene rings is 2. The molecule has 0 bridgehead atoms. The Balaban J connectivity index is 1.50. The van der Waals surface area contributed by atoms with Crippen LogP contribution in [0.25, 0.3) is 0 Å². The second-order valence-electron chi connectivity index (χ2n) is 6.26. The molecule has 134 valence electrons. The number of rotatable bonds is 7. The van der Waals surface area contributed by atoms with E-state index < -0.39 is 0 Å². The Labute approximate surface area is 162 Å². The summed E-state index contributed by atoms with van der Waals surface area (Å²) in [7, 11) is 0. The van der Waals surface area contributed by atoms with Crippen molar-refractivity contribution in [3.05, 3.63) is 82.4 Å². The van der Waals surface area contributed by atoms with E-state index in [4.69, 9.17) is 0 Å². The maximum atomic E-state index is 12.3. The van der Waals surface area contributed by atoms with Crippen LogP contribution in [-0.4, -0.2) is 17.4 Å². The third-order valence-electron chi connectivity index (χ3n) is 4.11. The first-order valence-electron chi connectivity index (χ1n) is 8.59. The van der Waals surface area contributed by atoms with E-state index >= 15 is 0 Å². The van der Waals surface area contributed by atoms with Gasteiger partial charge in [-0.1, -0.05) is 61.2 Å². The molecule has 3 aromatic rings. The summed E-state index contributed by atoms with van der Waals surface area (Å²) in [5.41, 5.74) is 4.19. The van der Waals surface area contributed by atoms with E-state index in [0.29, 0.717) is 12.1 Å². The lowest BCUT2D eigenvalue weighted by Crippen LogP contribution is -2.27. The normalized spacial score (nSPS) is 11.9. The zero-order valence-electron chi connectivity index (χ0n) is 14.9. The second kappa shape index (κ2) is 9.01. The highest BCUT2D eigenvalue weighted by molar-refractivity contribution is 8.00. The van der Waals surface area contributed by atoms with Gasteiger partial charge in [-0.15, -0.1) is 11.3 Å². The third-order valence-corrected chi connectivity index (χ3v) is 6.32. The first-order chi connectivity index (χ1) is 12.6. The van der Waals surface area contributed by atoms with E-state index in [1.807, 2.05) is 49.4 Å². The molecule has 1 N–H and O–H groups in total. The quantitative estimate of drug-likeness (QED) is 0.566. The van der Waals surface area contributed by atoms with Crippen LogP contribution in [0.5, 0.6) is 0 Å². The van der Waals surface area contributed by atoms with Crippen molar-refractivity contribution in [2.45, 2.75) is 29.9 Å². The number of aromatic nitrogens is 1. The fraction of sp³-hybridized carbons (Fsp3) is 0.238. The maximum absolute atomic E-state index is 12.3. The molecular formula is C21H22N2OS2. The molecule has 0 aliphatic rings. The number of nitrogens with one attached hydrogen (secondary N) is 1. The van der Waals surface area contributed by atoms with Crippen LogP contribution in [0.2, 0.25) is 0 Å². The predicted molar refractivity (Wildman–Crippen MR) is 110 cm³/mol. The average Bonchev–Trinajstić information content (AvgIpc) is 3.10. The van der Waals surface area contributed by atoms with Gasteiger partial charge in [0.15, 0.2) is 0 Å². The first-order valence-corrected chi connectivity index (χ1v) is 10.5. The van der Waals surface area contributed by atoms with Gasteiger partial charge in [-0.05, 0) is 36.1 Å². The lowest BCUT2D eigenvalue weighted by molar-refractivity contribution is 0.0951. The van der Waals surface area contributed by atoms with Gasteiger partial charge in [0, 0.05) is 28.9 Å². The largest absolute Gasteiger partial charge is 0.351 e. The molecule has 2 aromatic carbocycles. The molecule has 3 nitrogen and oxygen atoms in total. The topological polar surface area (TPSA) is 42.0 Å². The van der Waals surface area contributed by atoms with Crippen LogP contribution in [0, 0.1) is 6.92 Å². The molecule has 0 saturated carbocycles. The lowest BCUT2D eigenvalue weighted by atomic mass is 10.0. The van der Waals surface area contributed by atoms with Crippen LogP contribution in [0.4, 0.5) is 0 Å². The molecule has 1 amide bonds. The zero-order valence-corrected chi connectivity index (χ0v) is 16.6. The third kappa shape index (κ3) is 5.19. The van der Waals surface area contributed by atoms with E-state index in [-0.39, 0.29) is 11.8 Å². The fourth-order valence-corrected chi connectivity index (χ4v) is 4.35. The van der Waals surface area contributed by atoms with Crippen molar-refractivity contribution in [1.29, 1.82) is 0 Å². The number of amides is 1. The maximum Gasteiger partial charge on any atom is 0.251 e. The summed E-state index contributed by atoms with van der Waals surface area (Å²) in [5.74, 6) is 1.12. The summed E-state index contributed by atoms with van der Waals surface area (Å²) in [5, 5.41) is 5.09. The molecule has 1 aromatic heterocycles. The molecule has 1 heterocycles. The highest BCUT2D eigenvalue weighted by atomic mass is 32.2. The number of carbonyl (C=O) groups excluding carboxylic acids is 1. The van der Waals surface area contributed by atoms with Crippen LogP contribution < -0.4 is 5.32 Å². The number of aryl methyl sites for hydroxylation is 1. The Kier molecular flexibility index (Phi) is 6.47. The van der Waals surface area contributed by atoms with Gasteiger partial charge in [-0.25, -0.2) is 4.98 Å². The smallest absolute Gasteiger partial charge is 0.251 e. The van der Waals surface area contributed by atoms with Gasteiger partial charge in [-0.3, -0.25) is 4.79 Å². The van der Waals surface area contributed by atoms with Gasteiger partial charge in [0.2, 0.25) is 0 Å². The number of thioether (sulfide) groups is 1. The Morgan fingerprint density at radius 3 is 2.54 bits per heavy atom. The minimum Gasteiger partial charge on any atom is -0.351 e. The van der Waals surface area contributed by atoms with Crippen LogP contribution in [-0.2, 0) is 5.75 Å². The number of nitrogens with zero attached hydrogens (tertiary/aromatic N) is 1. The van der Waals surface area contributed by atoms with Gasteiger partial charge in [0.05, 0.1) is 0 Å². The minimum atomic E-state index is -0.0254. The molecule has 1 atom stereocenters. The van der Waals surface area contributed by atoms with Crippen LogP contribution in [0.1, 0.15) is 40.0 Å². The zero-order chi connectivity index (χ0) is 18.4. The standard InChI is InChI=1S/C21H22N2OS2/c1-15(18-6-4-3-5-7-18)12-22-20(24)19-10-8-17(9-11-19)14-26-21-23-16(2)13-25-21/h3-11,13,15H,12,14H2,1-2H3,(H,22,24). The Hall–Kier alpha value is -2.11. The highest BCUT2D eigenvalue weighted by Crippen LogP contribution is 2.26. The molecule has 0 aliphatic carbocycles. The van der Waals surface area contributed by atoms with Gasteiger partial charge in [-0.2, -0.15) is 0 Å². The minimum absolute atomic E-state index is 0.0254. The van der Waals surface area contributed by atoms with E-state index in [1.54, 1.807) is 23.1 Å². The SMILES string of the molecule is Cc1csc(SCc2ccc(C(=O)NCC(C)c3ccccc3)cc2)n1. The van der Waals surface area contributed by atoms with E-state index in [2.05, 4.69) is 34.7 Å². The first kappa shape index (κ1) is 18.7. The molecule has 26 heavy (non-hydrogen) atoms. The predicted octanol–water partition coefficient (Wildman–Crippen LogP) is 5.28. The van der Waals surface area contributed by atoms with Gasteiger partial charge >= 0.3 is 0 Å². The number of thiazole rings is 1. The summed E-state index contributed by atoms with van der Waals surface area (Å²) >= 11 is 3.40. The molecule has 0 radical (unpaired) electrons. The number of hydrogen-bond donors (Lipinski definition) is 1.